The first-order chi connectivity index (χ1) is 8.16. The molecular formula is C15H24N2. The summed E-state index contributed by atoms with van der Waals surface area (Å²) in [4.78, 5) is 2.48. The molecule has 2 rings (SSSR count). The maximum atomic E-state index is 6.16. The smallest absolute Gasteiger partial charge is 0.0366 e. The van der Waals surface area contributed by atoms with E-state index < -0.39 is 0 Å². The van der Waals surface area contributed by atoms with Crippen molar-refractivity contribution in [2.45, 2.75) is 32.7 Å². The van der Waals surface area contributed by atoms with Crippen LogP contribution >= 0.6 is 0 Å². The molecule has 1 aromatic carbocycles. The van der Waals surface area contributed by atoms with Crippen molar-refractivity contribution in [2.75, 3.05) is 18.0 Å². The number of nitrogens with two attached hydrogens (primary N) is 1. The highest BCUT2D eigenvalue weighted by atomic mass is 15.1. The van der Waals surface area contributed by atoms with Crippen molar-refractivity contribution < 1.29 is 0 Å². The van der Waals surface area contributed by atoms with E-state index in [1.165, 1.54) is 31.6 Å². The maximum absolute atomic E-state index is 6.16. The summed E-state index contributed by atoms with van der Waals surface area (Å²) in [5.41, 5.74) is 7.52. The van der Waals surface area contributed by atoms with Gasteiger partial charge in [-0.2, -0.15) is 0 Å². The van der Waals surface area contributed by atoms with Crippen LogP contribution in [0.1, 0.15) is 26.7 Å². The van der Waals surface area contributed by atoms with Gasteiger partial charge in [-0.15, -0.1) is 0 Å². The van der Waals surface area contributed by atoms with Crippen LogP contribution in [0.3, 0.4) is 0 Å². The lowest BCUT2D eigenvalue weighted by atomic mass is 9.93. The summed E-state index contributed by atoms with van der Waals surface area (Å²) in [6.45, 7) is 6.78. The quantitative estimate of drug-likeness (QED) is 0.865. The van der Waals surface area contributed by atoms with Crippen molar-refractivity contribution in [3.05, 3.63) is 30.3 Å². The van der Waals surface area contributed by atoms with Gasteiger partial charge in [0.25, 0.3) is 0 Å². The van der Waals surface area contributed by atoms with E-state index in [1.54, 1.807) is 0 Å². The Balaban J connectivity index is 1.88. The topological polar surface area (TPSA) is 29.3 Å². The standard InChI is InChI=1S/C15H24N2/c1-12(2)15(16)10-13-8-9-17(11-13)14-6-4-3-5-7-14/h3-7,12-13,15H,8-11,16H2,1-2H3. The molecule has 0 aromatic heterocycles. The third kappa shape index (κ3) is 3.22. The molecule has 1 aliphatic rings. The van der Waals surface area contributed by atoms with Gasteiger partial charge < -0.3 is 10.6 Å². The summed E-state index contributed by atoms with van der Waals surface area (Å²) in [5.74, 6) is 1.37. The lowest BCUT2D eigenvalue weighted by Gasteiger charge is -2.21. The third-order valence-corrected chi connectivity index (χ3v) is 3.87. The fourth-order valence-electron chi connectivity index (χ4n) is 2.56. The van der Waals surface area contributed by atoms with E-state index in [2.05, 4.69) is 49.1 Å². The highest BCUT2D eigenvalue weighted by Crippen LogP contribution is 2.26. The molecule has 17 heavy (non-hydrogen) atoms. The van der Waals surface area contributed by atoms with E-state index in [4.69, 9.17) is 5.73 Å². The van der Waals surface area contributed by atoms with Gasteiger partial charge in [0.1, 0.15) is 0 Å². The molecule has 1 fully saturated rings. The van der Waals surface area contributed by atoms with Gasteiger partial charge in [0.15, 0.2) is 0 Å². The van der Waals surface area contributed by atoms with Gasteiger partial charge >= 0.3 is 0 Å². The molecular weight excluding hydrogens is 208 g/mol. The third-order valence-electron chi connectivity index (χ3n) is 3.87. The van der Waals surface area contributed by atoms with Crippen LogP contribution < -0.4 is 10.6 Å². The van der Waals surface area contributed by atoms with Gasteiger partial charge in [0, 0.05) is 24.8 Å². The molecule has 0 saturated carbocycles. The molecule has 1 aromatic rings. The summed E-state index contributed by atoms with van der Waals surface area (Å²) in [6, 6.07) is 11.1. The SMILES string of the molecule is CC(C)C(N)CC1CCN(c2ccccc2)C1. The molecule has 0 bridgehead atoms. The second-order valence-corrected chi connectivity index (χ2v) is 5.58. The van der Waals surface area contributed by atoms with E-state index in [-0.39, 0.29) is 0 Å². The Morgan fingerprint density at radius 3 is 2.65 bits per heavy atom. The first-order valence-electron chi connectivity index (χ1n) is 6.72. The van der Waals surface area contributed by atoms with E-state index >= 15 is 0 Å². The molecule has 2 heteroatoms. The Kier molecular flexibility index (Phi) is 4.06. The zero-order chi connectivity index (χ0) is 12.3. The van der Waals surface area contributed by atoms with Crippen molar-refractivity contribution in [1.82, 2.24) is 0 Å². The van der Waals surface area contributed by atoms with Gasteiger partial charge in [-0.25, -0.2) is 0 Å². The van der Waals surface area contributed by atoms with Crippen molar-refractivity contribution in [3.8, 4) is 0 Å². The van der Waals surface area contributed by atoms with Crippen molar-refractivity contribution in [2.24, 2.45) is 17.6 Å². The van der Waals surface area contributed by atoms with E-state index in [9.17, 15) is 0 Å². The molecule has 1 saturated heterocycles. The minimum absolute atomic E-state index is 0.357. The molecule has 94 valence electrons. The second-order valence-electron chi connectivity index (χ2n) is 5.58. The predicted octanol–water partition coefficient (Wildman–Crippen LogP) is 2.89. The van der Waals surface area contributed by atoms with Gasteiger partial charge in [-0.3, -0.25) is 0 Å². The van der Waals surface area contributed by atoms with Gasteiger partial charge in [-0.1, -0.05) is 32.0 Å². The number of anilines is 1. The van der Waals surface area contributed by atoms with Crippen LogP contribution in [0.2, 0.25) is 0 Å². The molecule has 0 spiro atoms. The fraction of sp³-hybridized carbons (Fsp3) is 0.600. The van der Waals surface area contributed by atoms with Crippen LogP contribution in [-0.2, 0) is 0 Å². The predicted molar refractivity (Wildman–Crippen MR) is 74.2 cm³/mol. The highest BCUT2D eigenvalue weighted by molar-refractivity contribution is 5.46. The van der Waals surface area contributed by atoms with Crippen molar-refractivity contribution in [1.29, 1.82) is 0 Å². The monoisotopic (exact) mass is 232 g/mol. The maximum Gasteiger partial charge on any atom is 0.0366 e. The first-order valence-corrected chi connectivity index (χ1v) is 6.72. The van der Waals surface area contributed by atoms with E-state index in [0.717, 1.165) is 5.92 Å². The van der Waals surface area contributed by atoms with Crippen LogP contribution in [0, 0.1) is 11.8 Å². The summed E-state index contributed by atoms with van der Waals surface area (Å²) in [6.07, 6.45) is 2.45. The van der Waals surface area contributed by atoms with Crippen LogP contribution in [0.5, 0.6) is 0 Å². The largest absolute Gasteiger partial charge is 0.371 e. The van der Waals surface area contributed by atoms with Crippen LogP contribution in [-0.4, -0.2) is 19.1 Å². The lowest BCUT2D eigenvalue weighted by molar-refractivity contribution is 0.391. The average Bonchev–Trinajstić information content (AvgIpc) is 2.78. The number of hydrogen-bond donors (Lipinski definition) is 1. The van der Waals surface area contributed by atoms with Crippen LogP contribution in [0.4, 0.5) is 5.69 Å². The molecule has 1 aliphatic heterocycles. The minimum atomic E-state index is 0.357. The second kappa shape index (κ2) is 5.54. The Bertz CT molecular complexity index is 334. The van der Waals surface area contributed by atoms with Crippen LogP contribution in [0.15, 0.2) is 30.3 Å². The number of benzene rings is 1. The first kappa shape index (κ1) is 12.4. The molecule has 0 amide bonds. The minimum Gasteiger partial charge on any atom is -0.371 e. The Labute approximate surface area is 105 Å². The lowest BCUT2D eigenvalue weighted by Crippen LogP contribution is -2.30. The number of nitrogens with zero attached hydrogens (tertiary/aromatic N) is 1. The van der Waals surface area contributed by atoms with Gasteiger partial charge in [-0.05, 0) is 36.8 Å². The highest BCUT2D eigenvalue weighted by Gasteiger charge is 2.25. The molecule has 2 nitrogen and oxygen atoms in total. The number of rotatable bonds is 4. The number of hydrogen-bond acceptors (Lipinski definition) is 2. The summed E-state index contributed by atoms with van der Waals surface area (Å²) in [5, 5.41) is 0. The zero-order valence-electron chi connectivity index (χ0n) is 11.0. The molecule has 2 N–H and O–H groups in total. The van der Waals surface area contributed by atoms with E-state index in [0.29, 0.717) is 12.0 Å². The van der Waals surface area contributed by atoms with Crippen molar-refractivity contribution >= 4 is 5.69 Å². The zero-order valence-corrected chi connectivity index (χ0v) is 11.0. The average molecular weight is 232 g/mol. The molecule has 0 radical (unpaired) electrons. The van der Waals surface area contributed by atoms with Crippen molar-refractivity contribution in [3.63, 3.8) is 0 Å². The Morgan fingerprint density at radius 1 is 1.29 bits per heavy atom. The fourth-order valence-corrected chi connectivity index (χ4v) is 2.56. The van der Waals surface area contributed by atoms with E-state index in [1.807, 2.05) is 0 Å². The Morgan fingerprint density at radius 2 is 2.00 bits per heavy atom. The molecule has 1 heterocycles. The molecule has 2 atom stereocenters. The summed E-state index contributed by atoms with van der Waals surface area (Å²) in [7, 11) is 0. The molecule has 2 unspecified atom stereocenters. The van der Waals surface area contributed by atoms with Crippen LogP contribution in [0.25, 0.3) is 0 Å². The van der Waals surface area contributed by atoms with Gasteiger partial charge in [0.2, 0.25) is 0 Å². The van der Waals surface area contributed by atoms with Gasteiger partial charge in [0.05, 0.1) is 0 Å². The number of para-hydroxylation sites is 1. The Hall–Kier alpha value is -1.02. The molecule has 0 aliphatic carbocycles. The normalized spacial score (nSPS) is 22.1. The summed E-state index contributed by atoms with van der Waals surface area (Å²) >= 11 is 0. The summed E-state index contributed by atoms with van der Waals surface area (Å²) < 4.78 is 0.